The predicted molar refractivity (Wildman–Crippen MR) is 73.1 cm³/mol. The first kappa shape index (κ1) is 15.0. The number of nitrogens with zero attached hydrogens (tertiary/aromatic N) is 1. The number of carbonyl (C=O) groups excluding carboxylic acids is 2. The highest BCUT2D eigenvalue weighted by Crippen LogP contribution is 2.26. The van der Waals surface area contributed by atoms with Crippen molar-refractivity contribution in [1.29, 1.82) is 0 Å². The lowest BCUT2D eigenvalue weighted by Crippen LogP contribution is -2.32. The Morgan fingerprint density at radius 2 is 1.62 bits per heavy atom. The van der Waals surface area contributed by atoms with E-state index in [9.17, 15) is 19.2 Å². The quantitative estimate of drug-likeness (QED) is 0.751. The third kappa shape index (κ3) is 3.05. The summed E-state index contributed by atoms with van der Waals surface area (Å²) < 4.78 is 0. The molecule has 0 aromatic heterocycles. The van der Waals surface area contributed by atoms with Crippen molar-refractivity contribution in [2.45, 2.75) is 11.7 Å². The van der Waals surface area contributed by atoms with Gasteiger partial charge in [-0.15, -0.1) is 11.8 Å². The number of benzene rings is 1. The van der Waals surface area contributed by atoms with Crippen molar-refractivity contribution < 1.29 is 29.4 Å². The molecule has 2 N–H and O–H groups in total. The molecular formula is C13H11NO6S. The number of fused-ring (bicyclic) bond motifs is 1. The summed E-state index contributed by atoms with van der Waals surface area (Å²) in [5.41, 5.74) is 0.543. The number of carbonyl (C=O) groups is 4. The molecule has 0 saturated heterocycles. The van der Waals surface area contributed by atoms with Gasteiger partial charge >= 0.3 is 11.9 Å². The Hall–Kier alpha value is -2.35. The van der Waals surface area contributed by atoms with Gasteiger partial charge in [-0.25, -0.2) is 0 Å². The fourth-order valence-corrected chi connectivity index (χ4v) is 2.86. The van der Waals surface area contributed by atoms with Gasteiger partial charge in [0.1, 0.15) is 5.25 Å². The number of hydrogen-bond acceptors (Lipinski definition) is 5. The second kappa shape index (κ2) is 5.96. The zero-order valence-corrected chi connectivity index (χ0v) is 11.5. The van der Waals surface area contributed by atoms with Crippen molar-refractivity contribution in [2.75, 3.05) is 5.88 Å². The lowest BCUT2D eigenvalue weighted by Gasteiger charge is -2.16. The average molecular weight is 309 g/mol. The minimum absolute atomic E-state index is 0.198. The molecule has 8 heteroatoms. The molecule has 1 aliphatic heterocycles. The van der Waals surface area contributed by atoms with Crippen molar-refractivity contribution in [3.63, 3.8) is 0 Å². The Morgan fingerprint density at radius 1 is 1.10 bits per heavy atom. The average Bonchev–Trinajstić information content (AvgIpc) is 2.67. The number of rotatable bonds is 6. The van der Waals surface area contributed by atoms with Crippen LogP contribution >= 0.6 is 11.8 Å². The van der Waals surface area contributed by atoms with Crippen molar-refractivity contribution in [2.24, 2.45) is 0 Å². The second-order valence-corrected chi connectivity index (χ2v) is 5.46. The van der Waals surface area contributed by atoms with E-state index in [0.29, 0.717) is 0 Å². The van der Waals surface area contributed by atoms with Crippen LogP contribution in [0.2, 0.25) is 0 Å². The summed E-state index contributed by atoms with van der Waals surface area (Å²) >= 11 is 0.737. The van der Waals surface area contributed by atoms with E-state index in [2.05, 4.69) is 0 Å². The predicted octanol–water partition coefficient (Wildman–Crippen LogP) is 0.901. The smallest absolute Gasteiger partial charge is 0.317 e. The van der Waals surface area contributed by atoms with Crippen molar-refractivity contribution >= 4 is 35.5 Å². The molecule has 0 fully saturated rings. The number of carboxylic acid groups (broad SMARTS) is 2. The van der Waals surface area contributed by atoms with Gasteiger partial charge in [-0.3, -0.25) is 24.1 Å². The molecule has 2 amide bonds. The summed E-state index contributed by atoms with van der Waals surface area (Å²) in [7, 11) is 0. The van der Waals surface area contributed by atoms with Gasteiger partial charge in [-0.1, -0.05) is 12.1 Å². The van der Waals surface area contributed by atoms with E-state index in [1.54, 1.807) is 12.1 Å². The van der Waals surface area contributed by atoms with Gasteiger partial charge < -0.3 is 10.2 Å². The molecule has 110 valence electrons. The Labute approximate surface area is 123 Å². The second-order valence-electron chi connectivity index (χ2n) is 4.30. The van der Waals surface area contributed by atoms with Crippen LogP contribution in [0, 0.1) is 0 Å². The number of carboxylic acids is 2. The third-order valence-electron chi connectivity index (χ3n) is 2.92. The van der Waals surface area contributed by atoms with Crippen LogP contribution < -0.4 is 0 Å². The molecule has 1 atom stereocenters. The molecule has 0 spiro atoms. The minimum atomic E-state index is -1.29. The Kier molecular flexibility index (Phi) is 4.27. The molecule has 0 aliphatic carbocycles. The molecule has 1 aromatic carbocycles. The molecule has 0 bridgehead atoms. The Balaban J connectivity index is 2.08. The van der Waals surface area contributed by atoms with E-state index < -0.39 is 35.4 Å². The fourth-order valence-electron chi connectivity index (χ4n) is 1.90. The lowest BCUT2D eigenvalue weighted by molar-refractivity contribution is -0.142. The van der Waals surface area contributed by atoms with Crippen molar-refractivity contribution in [1.82, 2.24) is 4.90 Å². The molecule has 0 saturated carbocycles. The molecule has 21 heavy (non-hydrogen) atoms. The topological polar surface area (TPSA) is 112 Å². The van der Waals surface area contributed by atoms with Crippen LogP contribution in [0.1, 0.15) is 27.1 Å². The molecule has 1 aliphatic rings. The Bertz CT molecular complexity index is 594. The van der Waals surface area contributed by atoms with Gasteiger partial charge in [0.25, 0.3) is 11.8 Å². The highest BCUT2D eigenvalue weighted by atomic mass is 32.2. The van der Waals surface area contributed by atoms with Crippen LogP contribution in [0.25, 0.3) is 0 Å². The van der Waals surface area contributed by atoms with Gasteiger partial charge in [0.2, 0.25) is 0 Å². The van der Waals surface area contributed by atoms with Crippen LogP contribution in [0.3, 0.4) is 0 Å². The number of aliphatic carboxylic acids is 2. The molecule has 7 nitrogen and oxygen atoms in total. The van der Waals surface area contributed by atoms with E-state index in [0.717, 1.165) is 16.7 Å². The largest absolute Gasteiger partial charge is 0.481 e. The SMILES string of the molecule is O=C(O)C[C@H](SCN1C(=O)c2ccccc2C1=O)C(=O)O. The summed E-state index contributed by atoms with van der Waals surface area (Å²) in [6.07, 6.45) is -0.580. The van der Waals surface area contributed by atoms with Gasteiger partial charge in [0, 0.05) is 0 Å². The monoisotopic (exact) mass is 309 g/mol. The Morgan fingerprint density at radius 3 is 2.05 bits per heavy atom. The zero-order valence-electron chi connectivity index (χ0n) is 10.7. The number of thioether (sulfide) groups is 1. The van der Waals surface area contributed by atoms with Gasteiger partial charge in [0.15, 0.2) is 0 Å². The number of amides is 2. The maximum Gasteiger partial charge on any atom is 0.317 e. The first-order chi connectivity index (χ1) is 9.91. The normalized spacial score (nSPS) is 15.0. The van der Waals surface area contributed by atoms with E-state index >= 15 is 0 Å². The van der Waals surface area contributed by atoms with E-state index in [1.807, 2.05) is 0 Å². The minimum Gasteiger partial charge on any atom is -0.481 e. The van der Waals surface area contributed by atoms with E-state index in [4.69, 9.17) is 10.2 Å². The van der Waals surface area contributed by atoms with Gasteiger partial charge in [0.05, 0.1) is 23.4 Å². The summed E-state index contributed by atoms with van der Waals surface area (Å²) in [6, 6.07) is 6.30. The first-order valence-electron chi connectivity index (χ1n) is 5.93. The summed E-state index contributed by atoms with van der Waals surface area (Å²) in [5.74, 6) is -3.74. The van der Waals surface area contributed by atoms with E-state index in [-0.39, 0.29) is 17.0 Å². The van der Waals surface area contributed by atoms with Crippen LogP contribution in [0.4, 0.5) is 0 Å². The van der Waals surface area contributed by atoms with Crippen LogP contribution in [-0.2, 0) is 9.59 Å². The molecule has 1 aromatic rings. The maximum atomic E-state index is 12.0. The molecule has 0 unspecified atom stereocenters. The maximum absolute atomic E-state index is 12.0. The lowest BCUT2D eigenvalue weighted by atomic mass is 10.1. The standard InChI is InChI=1S/C13H11NO6S/c15-10(16)5-9(13(19)20)21-6-14-11(17)7-3-1-2-4-8(7)12(14)18/h1-4,9H,5-6H2,(H,15,16)(H,19,20)/t9-/m0/s1. The highest BCUT2D eigenvalue weighted by molar-refractivity contribution is 8.00. The van der Waals surface area contributed by atoms with Gasteiger partial charge in [-0.05, 0) is 12.1 Å². The third-order valence-corrected chi connectivity index (χ3v) is 4.10. The molecular weight excluding hydrogens is 298 g/mol. The summed E-state index contributed by atoms with van der Waals surface area (Å²) in [5, 5.41) is 16.4. The molecule has 0 radical (unpaired) electrons. The van der Waals surface area contributed by atoms with Crippen molar-refractivity contribution in [3.8, 4) is 0 Å². The van der Waals surface area contributed by atoms with E-state index in [1.165, 1.54) is 12.1 Å². The number of hydrogen-bond donors (Lipinski definition) is 2. The summed E-state index contributed by atoms with van der Waals surface area (Å²) in [6.45, 7) is 0. The van der Waals surface area contributed by atoms with Crippen LogP contribution in [0.15, 0.2) is 24.3 Å². The molecule has 1 heterocycles. The molecule has 2 rings (SSSR count). The first-order valence-corrected chi connectivity index (χ1v) is 6.98. The van der Waals surface area contributed by atoms with Gasteiger partial charge in [-0.2, -0.15) is 0 Å². The highest BCUT2D eigenvalue weighted by Gasteiger charge is 2.36. The van der Waals surface area contributed by atoms with Crippen LogP contribution in [0.5, 0.6) is 0 Å². The summed E-state index contributed by atoms with van der Waals surface area (Å²) in [4.78, 5) is 46.5. The zero-order chi connectivity index (χ0) is 15.6. The van der Waals surface area contributed by atoms with Crippen LogP contribution in [-0.4, -0.2) is 50.0 Å². The fraction of sp³-hybridized carbons (Fsp3) is 0.231. The van der Waals surface area contributed by atoms with Crippen molar-refractivity contribution in [3.05, 3.63) is 35.4 Å². The number of imide groups is 1.